The molecule has 22 heavy (non-hydrogen) atoms. The van der Waals surface area contributed by atoms with Gasteiger partial charge in [-0.25, -0.2) is 0 Å². The van der Waals surface area contributed by atoms with Gasteiger partial charge in [0.05, 0.1) is 6.54 Å². The van der Waals surface area contributed by atoms with Crippen molar-refractivity contribution in [1.82, 2.24) is 24.5 Å². The summed E-state index contributed by atoms with van der Waals surface area (Å²) in [4.78, 5) is 23.4. The maximum absolute atomic E-state index is 11.9. The first-order chi connectivity index (χ1) is 10.6. The highest BCUT2D eigenvalue weighted by Crippen LogP contribution is 2.03. The Morgan fingerprint density at radius 2 is 2.23 bits per heavy atom. The molecule has 0 aliphatic heterocycles. The molecule has 3 heterocycles. The molecule has 0 aliphatic rings. The highest BCUT2D eigenvalue weighted by atomic mass is 32.1. The molecule has 8 heteroatoms. The molecule has 3 rings (SSSR count). The molecule has 0 fully saturated rings. The fourth-order valence-electron chi connectivity index (χ4n) is 2.17. The Hall–Kier alpha value is -2.48. The highest BCUT2D eigenvalue weighted by molar-refractivity contribution is 7.07. The summed E-state index contributed by atoms with van der Waals surface area (Å²) >= 11 is 1.15. The molecule has 1 N–H and O–H groups in total. The van der Waals surface area contributed by atoms with Gasteiger partial charge in [0, 0.05) is 30.2 Å². The average Bonchev–Trinajstić information content (AvgIpc) is 3.07. The molecule has 0 atom stereocenters. The number of aromatic nitrogens is 4. The van der Waals surface area contributed by atoms with Crippen LogP contribution in [-0.2, 0) is 17.9 Å². The molecular weight excluding hydrogens is 302 g/mol. The summed E-state index contributed by atoms with van der Waals surface area (Å²) in [5, 5.41) is 12.7. The van der Waals surface area contributed by atoms with Crippen molar-refractivity contribution in [2.45, 2.75) is 26.4 Å². The Labute approximate surface area is 130 Å². The summed E-state index contributed by atoms with van der Waals surface area (Å²) in [7, 11) is 0. The van der Waals surface area contributed by atoms with Gasteiger partial charge < -0.3 is 9.88 Å². The molecule has 1 amide bonds. The Morgan fingerprint density at radius 3 is 3.00 bits per heavy atom. The number of nitrogens with one attached hydrogen (secondary N) is 1. The van der Waals surface area contributed by atoms with Crippen LogP contribution in [0.25, 0.3) is 5.65 Å². The van der Waals surface area contributed by atoms with Crippen LogP contribution in [0.1, 0.15) is 17.9 Å². The number of carbonyl (C=O) groups is 1. The maximum Gasteiger partial charge on any atom is 0.307 e. The lowest BCUT2D eigenvalue weighted by Crippen LogP contribution is -2.26. The summed E-state index contributed by atoms with van der Waals surface area (Å²) in [6.45, 7) is 2.56. The van der Waals surface area contributed by atoms with Gasteiger partial charge in [-0.1, -0.05) is 17.4 Å². The Kier molecular flexibility index (Phi) is 4.01. The number of carbonyl (C=O) groups excluding carboxylic acids is 1. The van der Waals surface area contributed by atoms with Crippen molar-refractivity contribution < 1.29 is 4.79 Å². The summed E-state index contributed by atoms with van der Waals surface area (Å²) in [6, 6.07) is 5.62. The van der Waals surface area contributed by atoms with E-state index in [4.69, 9.17) is 0 Å². The predicted octanol–water partition coefficient (Wildman–Crippen LogP) is 0.967. The molecule has 114 valence electrons. The van der Waals surface area contributed by atoms with E-state index in [-0.39, 0.29) is 17.2 Å². The maximum atomic E-state index is 11.9. The summed E-state index contributed by atoms with van der Waals surface area (Å²) < 4.78 is 3.44. The van der Waals surface area contributed by atoms with E-state index in [1.807, 2.05) is 35.7 Å². The average molecular weight is 317 g/mol. The zero-order valence-corrected chi connectivity index (χ0v) is 12.8. The third-order valence-corrected chi connectivity index (χ3v) is 4.25. The molecule has 0 saturated heterocycles. The van der Waals surface area contributed by atoms with Crippen LogP contribution in [0.5, 0.6) is 0 Å². The quantitative estimate of drug-likeness (QED) is 0.760. The van der Waals surface area contributed by atoms with Crippen molar-refractivity contribution in [3.63, 3.8) is 0 Å². The van der Waals surface area contributed by atoms with E-state index in [2.05, 4.69) is 15.5 Å². The lowest BCUT2D eigenvalue weighted by atomic mass is 10.3. The molecule has 0 aromatic carbocycles. The van der Waals surface area contributed by atoms with Crippen LogP contribution >= 0.6 is 11.3 Å². The standard InChI is InChI=1S/C14H15N5O2S/c1-10-9-22-14(21)18(10)7-5-13(20)15-8-12-17-16-11-4-2-3-6-19(11)12/h2-4,6,9H,5,7-8H2,1H3,(H,15,20). The first-order valence-corrected chi connectivity index (χ1v) is 7.73. The lowest BCUT2D eigenvalue weighted by Gasteiger charge is -2.06. The second kappa shape index (κ2) is 6.10. The predicted molar refractivity (Wildman–Crippen MR) is 82.8 cm³/mol. The number of pyridine rings is 1. The first kappa shape index (κ1) is 14.5. The summed E-state index contributed by atoms with van der Waals surface area (Å²) in [6.07, 6.45) is 2.11. The molecule has 3 aromatic heterocycles. The second-order valence-corrected chi connectivity index (χ2v) is 5.69. The van der Waals surface area contributed by atoms with Crippen LogP contribution in [0.15, 0.2) is 34.6 Å². The minimum absolute atomic E-state index is 0.0336. The minimum atomic E-state index is -0.120. The molecule has 0 unspecified atom stereocenters. The van der Waals surface area contributed by atoms with Gasteiger partial charge in [0.2, 0.25) is 5.91 Å². The molecule has 0 aliphatic carbocycles. The number of thiazole rings is 1. The molecule has 0 radical (unpaired) electrons. The fourth-order valence-corrected chi connectivity index (χ4v) is 2.93. The van der Waals surface area contributed by atoms with Crippen molar-refractivity contribution in [3.05, 3.63) is 51.0 Å². The van der Waals surface area contributed by atoms with E-state index >= 15 is 0 Å². The van der Waals surface area contributed by atoms with Gasteiger partial charge in [0.15, 0.2) is 11.5 Å². The molecule has 0 bridgehead atoms. The zero-order valence-electron chi connectivity index (χ0n) is 12.0. The lowest BCUT2D eigenvalue weighted by molar-refractivity contribution is -0.121. The normalized spacial score (nSPS) is 11.0. The van der Waals surface area contributed by atoms with Gasteiger partial charge in [-0.05, 0) is 19.1 Å². The second-order valence-electron chi connectivity index (χ2n) is 4.87. The number of hydrogen-bond donors (Lipinski definition) is 1. The Balaban J connectivity index is 1.58. The van der Waals surface area contributed by atoms with Crippen molar-refractivity contribution in [2.75, 3.05) is 0 Å². The Morgan fingerprint density at radius 1 is 1.36 bits per heavy atom. The number of nitrogens with zero attached hydrogens (tertiary/aromatic N) is 4. The molecule has 7 nitrogen and oxygen atoms in total. The van der Waals surface area contributed by atoms with Gasteiger partial charge in [-0.3, -0.25) is 14.0 Å². The monoisotopic (exact) mass is 317 g/mol. The van der Waals surface area contributed by atoms with Crippen LogP contribution in [-0.4, -0.2) is 25.1 Å². The van der Waals surface area contributed by atoms with Crippen molar-refractivity contribution in [1.29, 1.82) is 0 Å². The van der Waals surface area contributed by atoms with E-state index in [1.54, 1.807) is 9.95 Å². The van der Waals surface area contributed by atoms with Gasteiger partial charge in [-0.2, -0.15) is 0 Å². The summed E-state index contributed by atoms with van der Waals surface area (Å²) in [5.41, 5.74) is 1.62. The van der Waals surface area contributed by atoms with Gasteiger partial charge in [0.25, 0.3) is 0 Å². The number of aryl methyl sites for hydroxylation is 1. The smallest absolute Gasteiger partial charge is 0.307 e. The van der Waals surface area contributed by atoms with Crippen LogP contribution in [0.4, 0.5) is 0 Å². The SMILES string of the molecule is Cc1csc(=O)n1CCC(=O)NCc1nnc2ccccn12. The molecule has 0 saturated carbocycles. The van der Waals surface area contributed by atoms with Crippen LogP contribution in [0.2, 0.25) is 0 Å². The molecule has 3 aromatic rings. The van der Waals surface area contributed by atoms with E-state index in [9.17, 15) is 9.59 Å². The Bertz CT molecular complexity index is 863. The van der Waals surface area contributed by atoms with E-state index in [1.165, 1.54) is 0 Å². The van der Waals surface area contributed by atoms with Crippen LogP contribution < -0.4 is 10.2 Å². The van der Waals surface area contributed by atoms with Gasteiger partial charge in [-0.15, -0.1) is 10.2 Å². The molecular formula is C14H15N5O2S. The third kappa shape index (κ3) is 2.91. The van der Waals surface area contributed by atoms with E-state index in [0.717, 1.165) is 22.7 Å². The minimum Gasteiger partial charge on any atom is -0.349 e. The van der Waals surface area contributed by atoms with Gasteiger partial charge in [0.1, 0.15) is 0 Å². The topological polar surface area (TPSA) is 81.3 Å². The fraction of sp³-hybridized carbons (Fsp3) is 0.286. The van der Waals surface area contributed by atoms with Crippen LogP contribution in [0, 0.1) is 6.92 Å². The largest absolute Gasteiger partial charge is 0.349 e. The molecule has 0 spiro atoms. The van der Waals surface area contributed by atoms with Crippen LogP contribution in [0.3, 0.4) is 0 Å². The summed E-state index contributed by atoms with van der Waals surface area (Å²) in [5.74, 6) is 0.554. The van der Waals surface area contributed by atoms with Crippen molar-refractivity contribution in [2.24, 2.45) is 0 Å². The van der Waals surface area contributed by atoms with Crippen molar-refractivity contribution in [3.8, 4) is 0 Å². The van der Waals surface area contributed by atoms with Crippen molar-refractivity contribution >= 4 is 22.9 Å². The zero-order chi connectivity index (χ0) is 15.5. The number of rotatable bonds is 5. The first-order valence-electron chi connectivity index (χ1n) is 6.85. The number of amides is 1. The number of hydrogen-bond acceptors (Lipinski definition) is 5. The number of fused-ring (bicyclic) bond motifs is 1. The van der Waals surface area contributed by atoms with E-state index < -0.39 is 0 Å². The van der Waals surface area contributed by atoms with E-state index in [0.29, 0.717) is 18.9 Å². The van der Waals surface area contributed by atoms with Gasteiger partial charge >= 0.3 is 4.87 Å². The third-order valence-electron chi connectivity index (χ3n) is 3.37. The highest BCUT2D eigenvalue weighted by Gasteiger charge is 2.09.